The molecule has 10 nitrogen and oxygen atoms in total. The van der Waals surface area contributed by atoms with E-state index in [0.717, 1.165) is 5.56 Å². The monoisotopic (exact) mass is 427 g/mol. The van der Waals surface area contributed by atoms with Crippen LogP contribution in [0.3, 0.4) is 0 Å². The lowest BCUT2D eigenvalue weighted by Crippen LogP contribution is -2.13. The van der Waals surface area contributed by atoms with Crippen molar-refractivity contribution in [2.24, 2.45) is 0 Å². The smallest absolute Gasteiger partial charge is 0.340 e. The molecule has 0 amide bonds. The number of nitro groups is 1. The van der Waals surface area contributed by atoms with Crippen molar-refractivity contribution < 1.29 is 28.3 Å². The molecule has 3 rings (SSSR count). The number of hydrogen-bond acceptors (Lipinski definition) is 9. The molecule has 1 N–H and O–H groups in total. The number of rotatable bonds is 10. The molecule has 0 aliphatic carbocycles. The number of methoxy groups -OCH3 is 2. The molecule has 10 heteroatoms. The van der Waals surface area contributed by atoms with E-state index in [0.29, 0.717) is 36.2 Å². The van der Waals surface area contributed by atoms with E-state index in [1.54, 1.807) is 38.5 Å². The number of carbonyl (C=O) groups is 1. The molecule has 0 atom stereocenters. The summed E-state index contributed by atoms with van der Waals surface area (Å²) in [4.78, 5) is 27.4. The average molecular weight is 427 g/mol. The van der Waals surface area contributed by atoms with Gasteiger partial charge < -0.3 is 23.9 Å². The number of nitrogens with zero attached hydrogens (tertiary/aromatic N) is 2. The van der Waals surface area contributed by atoms with E-state index in [2.05, 4.69) is 10.3 Å². The molecule has 0 fully saturated rings. The third-order valence-corrected chi connectivity index (χ3v) is 4.30. The van der Waals surface area contributed by atoms with Gasteiger partial charge in [-0.15, -0.1) is 0 Å². The maximum absolute atomic E-state index is 12.6. The zero-order valence-corrected chi connectivity index (χ0v) is 17.0. The number of carbonyl (C=O) groups excluding carboxylic acids is 1. The van der Waals surface area contributed by atoms with E-state index < -0.39 is 10.9 Å². The minimum absolute atomic E-state index is 0.0455. The van der Waals surface area contributed by atoms with Gasteiger partial charge in [0.05, 0.1) is 24.2 Å². The Hall–Kier alpha value is -3.92. The van der Waals surface area contributed by atoms with Crippen LogP contribution in [0.2, 0.25) is 0 Å². The van der Waals surface area contributed by atoms with Crippen molar-refractivity contribution in [3.05, 3.63) is 70.1 Å². The largest absolute Gasteiger partial charge is 0.497 e. The van der Waals surface area contributed by atoms with E-state index in [1.165, 1.54) is 24.5 Å². The maximum Gasteiger partial charge on any atom is 0.340 e. The van der Waals surface area contributed by atoms with Crippen molar-refractivity contribution in [3.8, 4) is 17.2 Å². The Labute approximate surface area is 177 Å². The van der Waals surface area contributed by atoms with Crippen molar-refractivity contribution in [2.75, 3.05) is 32.7 Å². The lowest BCUT2D eigenvalue weighted by molar-refractivity contribution is -0.384. The molecule has 0 spiro atoms. The van der Waals surface area contributed by atoms with Gasteiger partial charge in [0.15, 0.2) is 0 Å². The van der Waals surface area contributed by atoms with Crippen molar-refractivity contribution in [1.82, 2.24) is 4.98 Å². The Morgan fingerprint density at radius 1 is 1.19 bits per heavy atom. The zero-order chi connectivity index (χ0) is 22.2. The minimum atomic E-state index is -0.724. The molecule has 0 radical (unpaired) electrons. The second-order valence-corrected chi connectivity index (χ2v) is 6.36. The number of anilines is 1. The summed E-state index contributed by atoms with van der Waals surface area (Å²) in [6.45, 7) is 0.667. The van der Waals surface area contributed by atoms with Crippen LogP contribution in [0, 0.1) is 10.1 Å². The van der Waals surface area contributed by atoms with Crippen LogP contribution in [-0.2, 0) is 16.1 Å². The third kappa shape index (κ3) is 5.58. The molecule has 0 saturated carbocycles. The topological polar surface area (TPSA) is 126 Å². The van der Waals surface area contributed by atoms with Crippen LogP contribution in [0.25, 0.3) is 11.5 Å². The summed E-state index contributed by atoms with van der Waals surface area (Å²) in [5.41, 5.74) is 1.38. The van der Waals surface area contributed by atoms with Crippen molar-refractivity contribution >= 4 is 17.3 Å². The van der Waals surface area contributed by atoms with Gasteiger partial charge in [0.2, 0.25) is 5.89 Å². The average Bonchev–Trinajstić information content (AvgIpc) is 3.27. The molecule has 3 aromatic rings. The van der Waals surface area contributed by atoms with Crippen molar-refractivity contribution in [3.63, 3.8) is 0 Å². The maximum atomic E-state index is 12.6. The van der Waals surface area contributed by atoms with Gasteiger partial charge in [-0.25, -0.2) is 9.78 Å². The number of hydrogen-bond donors (Lipinski definition) is 1. The Morgan fingerprint density at radius 2 is 1.97 bits per heavy atom. The molecule has 1 aromatic heterocycles. The highest BCUT2D eigenvalue weighted by atomic mass is 16.6. The SMILES string of the molecule is COCCNc1ccc([N+](=O)[O-])cc1C(=O)OCc1coc(-c2ccc(OC)cc2)n1. The lowest BCUT2D eigenvalue weighted by atomic mass is 10.1. The first-order valence-electron chi connectivity index (χ1n) is 9.29. The highest BCUT2D eigenvalue weighted by molar-refractivity contribution is 5.96. The number of aromatic nitrogens is 1. The molecule has 2 aromatic carbocycles. The number of esters is 1. The normalized spacial score (nSPS) is 10.5. The van der Waals surface area contributed by atoms with Gasteiger partial charge in [-0.1, -0.05) is 0 Å². The Balaban J connectivity index is 1.70. The fraction of sp³-hybridized carbons (Fsp3) is 0.238. The molecule has 0 aliphatic heterocycles. The van der Waals surface area contributed by atoms with Crippen LogP contribution >= 0.6 is 0 Å². The number of nitro benzene ring substituents is 1. The number of ether oxygens (including phenoxy) is 3. The van der Waals surface area contributed by atoms with E-state index in [-0.39, 0.29) is 17.9 Å². The molecule has 1 heterocycles. The molecule has 0 saturated heterocycles. The van der Waals surface area contributed by atoms with E-state index in [9.17, 15) is 14.9 Å². The minimum Gasteiger partial charge on any atom is -0.497 e. The van der Waals surface area contributed by atoms with Gasteiger partial charge in [0, 0.05) is 37.0 Å². The van der Waals surface area contributed by atoms with Crippen molar-refractivity contribution in [2.45, 2.75) is 6.61 Å². The predicted octanol–water partition coefficient (Wildman–Crippen LogP) is 3.67. The highest BCUT2D eigenvalue weighted by Gasteiger charge is 2.19. The first-order valence-corrected chi connectivity index (χ1v) is 9.29. The number of oxazole rings is 1. The third-order valence-electron chi connectivity index (χ3n) is 4.30. The summed E-state index contributed by atoms with van der Waals surface area (Å²) >= 11 is 0. The van der Waals surface area contributed by atoms with Gasteiger partial charge in [-0.3, -0.25) is 10.1 Å². The fourth-order valence-electron chi connectivity index (χ4n) is 2.71. The first-order chi connectivity index (χ1) is 15.0. The second-order valence-electron chi connectivity index (χ2n) is 6.36. The van der Waals surface area contributed by atoms with Gasteiger partial charge in [0.1, 0.15) is 24.3 Å². The summed E-state index contributed by atoms with van der Waals surface area (Å²) in [7, 11) is 3.12. The molecule has 0 bridgehead atoms. The Bertz CT molecular complexity index is 1050. The van der Waals surface area contributed by atoms with Gasteiger partial charge in [0.25, 0.3) is 5.69 Å². The fourth-order valence-corrected chi connectivity index (χ4v) is 2.71. The summed E-state index contributed by atoms with van der Waals surface area (Å²) in [6, 6.07) is 11.1. The molecule has 31 heavy (non-hydrogen) atoms. The second kappa shape index (κ2) is 10.2. The molecular formula is C21H21N3O7. The molecule has 0 aliphatic rings. The van der Waals surface area contributed by atoms with Crippen molar-refractivity contribution in [1.29, 1.82) is 0 Å². The molecular weight excluding hydrogens is 406 g/mol. The summed E-state index contributed by atoms with van der Waals surface area (Å²) in [5, 5.41) is 14.1. The van der Waals surface area contributed by atoms with E-state index in [4.69, 9.17) is 18.6 Å². The van der Waals surface area contributed by atoms with Gasteiger partial charge in [-0.05, 0) is 30.3 Å². The van der Waals surface area contributed by atoms with Crippen LogP contribution < -0.4 is 10.1 Å². The van der Waals surface area contributed by atoms with Crippen LogP contribution in [0.15, 0.2) is 53.1 Å². The molecule has 162 valence electrons. The zero-order valence-electron chi connectivity index (χ0n) is 17.0. The van der Waals surface area contributed by atoms with Crippen LogP contribution in [0.4, 0.5) is 11.4 Å². The van der Waals surface area contributed by atoms with Gasteiger partial charge >= 0.3 is 5.97 Å². The summed E-state index contributed by atoms with van der Waals surface area (Å²) < 4.78 is 20.8. The number of non-ortho nitro benzene ring substituents is 1. The Morgan fingerprint density at radius 3 is 2.65 bits per heavy atom. The quantitative estimate of drug-likeness (QED) is 0.223. The Kier molecular flexibility index (Phi) is 7.17. The van der Waals surface area contributed by atoms with Gasteiger partial charge in [-0.2, -0.15) is 0 Å². The highest BCUT2D eigenvalue weighted by Crippen LogP contribution is 2.25. The number of benzene rings is 2. The van der Waals surface area contributed by atoms with Crippen LogP contribution in [-0.4, -0.2) is 43.2 Å². The molecule has 0 unspecified atom stereocenters. The number of nitrogens with one attached hydrogen (secondary N) is 1. The van der Waals surface area contributed by atoms with Crippen LogP contribution in [0.5, 0.6) is 5.75 Å². The van der Waals surface area contributed by atoms with E-state index in [1.807, 2.05) is 0 Å². The summed E-state index contributed by atoms with van der Waals surface area (Å²) in [6.07, 6.45) is 1.39. The van der Waals surface area contributed by atoms with E-state index >= 15 is 0 Å². The first kappa shape index (κ1) is 21.8. The van der Waals surface area contributed by atoms with Crippen LogP contribution in [0.1, 0.15) is 16.1 Å². The lowest BCUT2D eigenvalue weighted by Gasteiger charge is -2.11. The standard InChI is InChI=1S/C21H21N3O7/c1-28-10-9-22-19-8-5-16(24(26)27)11-18(19)21(25)31-13-15-12-30-20(23-15)14-3-6-17(29-2)7-4-14/h3-8,11-12,22H,9-10,13H2,1-2H3. The predicted molar refractivity (Wildman–Crippen MR) is 111 cm³/mol. The summed E-state index contributed by atoms with van der Waals surface area (Å²) in [5.74, 6) is 0.347.